The fraction of sp³-hybridized carbons (Fsp3) is 0.185. The Kier molecular flexibility index (Phi) is 6.35. The van der Waals surface area contributed by atoms with Gasteiger partial charge in [-0.15, -0.1) is 0 Å². The van der Waals surface area contributed by atoms with E-state index in [4.69, 9.17) is 12.2 Å². The summed E-state index contributed by atoms with van der Waals surface area (Å²) in [6.07, 6.45) is 4.36. The Balaban J connectivity index is 1.12. The van der Waals surface area contributed by atoms with E-state index in [0.29, 0.717) is 11.7 Å². The molecule has 0 bridgehead atoms. The molecule has 1 aliphatic heterocycles. The largest absolute Gasteiger partial charge is 0.372 e. The first-order valence-electron chi connectivity index (χ1n) is 11.3. The zero-order chi connectivity index (χ0) is 22.5. The summed E-state index contributed by atoms with van der Waals surface area (Å²) in [5.41, 5.74) is 4.37. The van der Waals surface area contributed by atoms with Gasteiger partial charge in [0.2, 0.25) is 0 Å². The number of pyridine rings is 1. The molecule has 0 saturated carbocycles. The first kappa shape index (κ1) is 21.2. The summed E-state index contributed by atoms with van der Waals surface area (Å²) in [4.78, 5) is 6.95. The van der Waals surface area contributed by atoms with E-state index >= 15 is 0 Å². The average Bonchev–Trinajstić information content (AvgIpc) is 3.39. The van der Waals surface area contributed by atoms with Gasteiger partial charge in [-0.25, -0.2) is 4.98 Å². The molecule has 3 aromatic carbocycles. The van der Waals surface area contributed by atoms with Gasteiger partial charge in [-0.3, -0.25) is 0 Å². The summed E-state index contributed by atoms with van der Waals surface area (Å²) in [5.74, 6) is 0.785. The lowest BCUT2D eigenvalue weighted by Crippen LogP contribution is -2.28. The van der Waals surface area contributed by atoms with Gasteiger partial charge < -0.3 is 20.9 Å². The Morgan fingerprint density at radius 2 is 1.61 bits per heavy atom. The number of aromatic nitrogens is 1. The minimum Gasteiger partial charge on any atom is -0.372 e. The van der Waals surface area contributed by atoms with E-state index in [1.165, 1.54) is 34.9 Å². The molecule has 4 aromatic rings. The van der Waals surface area contributed by atoms with Crippen LogP contribution in [0.3, 0.4) is 0 Å². The lowest BCUT2D eigenvalue weighted by molar-refractivity contribution is 0.920. The quantitative estimate of drug-likeness (QED) is 0.308. The minimum atomic E-state index is 0.579. The number of rotatable bonds is 6. The molecule has 1 saturated heterocycles. The van der Waals surface area contributed by atoms with Crippen molar-refractivity contribution in [2.24, 2.45) is 0 Å². The van der Waals surface area contributed by atoms with E-state index < -0.39 is 0 Å². The molecule has 3 N–H and O–H groups in total. The predicted octanol–water partition coefficient (Wildman–Crippen LogP) is 6.07. The summed E-state index contributed by atoms with van der Waals surface area (Å²) in [6.45, 7) is 3.01. The second-order valence-corrected chi connectivity index (χ2v) is 8.70. The van der Waals surface area contributed by atoms with Crippen LogP contribution in [0.5, 0.6) is 0 Å². The van der Waals surface area contributed by atoms with Gasteiger partial charge in [-0.1, -0.05) is 42.5 Å². The van der Waals surface area contributed by atoms with E-state index in [9.17, 15) is 0 Å². The summed E-state index contributed by atoms with van der Waals surface area (Å²) < 4.78 is 0. The van der Waals surface area contributed by atoms with Gasteiger partial charge in [0.05, 0.1) is 11.9 Å². The molecule has 0 amide bonds. The Morgan fingerprint density at radius 1 is 0.848 bits per heavy atom. The normalized spacial score (nSPS) is 13.2. The van der Waals surface area contributed by atoms with E-state index in [1.54, 1.807) is 6.20 Å². The SMILES string of the molecule is S=C(NCc1ccc(N2CCCC2)cc1)Nc1ccc(Nc2ccc3ccccc3c2)nc1. The molecular formula is C27H27N5S. The van der Waals surface area contributed by atoms with Crippen molar-refractivity contribution in [2.45, 2.75) is 19.4 Å². The molecule has 33 heavy (non-hydrogen) atoms. The summed E-state index contributed by atoms with van der Waals surface area (Å²) in [6, 6.07) is 27.2. The van der Waals surface area contributed by atoms with Gasteiger partial charge in [-0.2, -0.15) is 0 Å². The van der Waals surface area contributed by atoms with Crippen molar-refractivity contribution in [1.82, 2.24) is 10.3 Å². The number of nitrogens with zero attached hydrogens (tertiary/aromatic N) is 2. The number of nitrogens with one attached hydrogen (secondary N) is 3. The molecule has 1 aliphatic rings. The third-order valence-electron chi connectivity index (χ3n) is 5.90. The van der Waals surface area contributed by atoms with Gasteiger partial charge in [0, 0.05) is 31.0 Å². The highest BCUT2D eigenvalue weighted by Gasteiger charge is 2.11. The molecule has 0 unspecified atom stereocenters. The highest BCUT2D eigenvalue weighted by atomic mass is 32.1. The maximum atomic E-state index is 5.46. The third kappa shape index (κ3) is 5.41. The van der Waals surface area contributed by atoms with E-state index in [1.807, 2.05) is 24.3 Å². The molecule has 0 radical (unpaired) electrons. The van der Waals surface area contributed by atoms with Gasteiger partial charge >= 0.3 is 0 Å². The molecular weight excluding hydrogens is 426 g/mol. The number of hydrogen-bond donors (Lipinski definition) is 3. The smallest absolute Gasteiger partial charge is 0.171 e. The van der Waals surface area contributed by atoms with Crippen molar-refractivity contribution in [3.63, 3.8) is 0 Å². The van der Waals surface area contributed by atoms with Crippen LogP contribution in [0.2, 0.25) is 0 Å². The van der Waals surface area contributed by atoms with Crippen LogP contribution >= 0.6 is 12.2 Å². The number of thiocarbonyl (C=S) groups is 1. The van der Waals surface area contributed by atoms with E-state index in [2.05, 4.69) is 80.4 Å². The Morgan fingerprint density at radius 3 is 2.36 bits per heavy atom. The molecule has 0 spiro atoms. The van der Waals surface area contributed by atoms with Crippen LogP contribution in [-0.4, -0.2) is 23.2 Å². The van der Waals surface area contributed by atoms with Crippen LogP contribution in [0, 0.1) is 0 Å². The fourth-order valence-corrected chi connectivity index (χ4v) is 4.30. The van der Waals surface area contributed by atoms with Gasteiger partial charge in [-0.05, 0) is 77.8 Å². The predicted molar refractivity (Wildman–Crippen MR) is 142 cm³/mol. The topological polar surface area (TPSA) is 52.2 Å². The van der Waals surface area contributed by atoms with Crippen LogP contribution < -0.4 is 20.9 Å². The molecule has 2 heterocycles. The summed E-state index contributed by atoms with van der Waals surface area (Å²) >= 11 is 5.46. The third-order valence-corrected chi connectivity index (χ3v) is 6.15. The molecule has 0 atom stereocenters. The van der Waals surface area contributed by atoms with Crippen LogP contribution in [-0.2, 0) is 6.54 Å². The lowest BCUT2D eigenvalue weighted by Gasteiger charge is -2.18. The maximum absolute atomic E-state index is 5.46. The number of fused-ring (bicyclic) bond motifs is 1. The molecule has 166 valence electrons. The van der Waals surface area contributed by atoms with Crippen LogP contribution in [0.25, 0.3) is 10.8 Å². The molecule has 5 rings (SSSR count). The van der Waals surface area contributed by atoms with Crippen LogP contribution in [0.15, 0.2) is 85.1 Å². The summed E-state index contributed by atoms with van der Waals surface area (Å²) in [7, 11) is 0. The van der Waals surface area contributed by atoms with Crippen molar-refractivity contribution < 1.29 is 0 Å². The standard InChI is InChI=1S/C27H27N5S/c33-27(29-18-20-7-12-25(13-8-20)32-15-3-4-16-32)31-24-11-14-26(28-19-24)30-23-10-9-21-5-1-2-6-22(21)17-23/h1-2,5-14,17,19H,3-4,15-16,18H2,(H,28,30)(H2,29,31,33). The van der Waals surface area contributed by atoms with Gasteiger partial charge in [0.1, 0.15) is 5.82 Å². The van der Waals surface area contributed by atoms with Crippen molar-refractivity contribution >= 4 is 51.0 Å². The summed E-state index contributed by atoms with van der Waals surface area (Å²) in [5, 5.41) is 12.8. The lowest BCUT2D eigenvalue weighted by atomic mass is 10.1. The highest BCUT2D eigenvalue weighted by molar-refractivity contribution is 7.80. The molecule has 1 fully saturated rings. The molecule has 0 aliphatic carbocycles. The molecule has 6 heteroatoms. The first-order valence-corrected chi connectivity index (χ1v) is 11.7. The highest BCUT2D eigenvalue weighted by Crippen LogP contribution is 2.22. The molecule has 5 nitrogen and oxygen atoms in total. The number of hydrogen-bond acceptors (Lipinski definition) is 4. The van der Waals surface area contributed by atoms with E-state index in [-0.39, 0.29) is 0 Å². The van der Waals surface area contributed by atoms with Crippen LogP contribution in [0.1, 0.15) is 18.4 Å². The zero-order valence-electron chi connectivity index (χ0n) is 18.4. The van der Waals surface area contributed by atoms with Crippen molar-refractivity contribution in [3.8, 4) is 0 Å². The van der Waals surface area contributed by atoms with Crippen molar-refractivity contribution in [1.29, 1.82) is 0 Å². The average molecular weight is 454 g/mol. The maximum Gasteiger partial charge on any atom is 0.171 e. The second-order valence-electron chi connectivity index (χ2n) is 8.29. The van der Waals surface area contributed by atoms with Gasteiger partial charge in [0.25, 0.3) is 0 Å². The molecule has 1 aromatic heterocycles. The monoisotopic (exact) mass is 453 g/mol. The Bertz CT molecular complexity index is 1230. The van der Waals surface area contributed by atoms with Crippen molar-refractivity contribution in [2.75, 3.05) is 28.6 Å². The van der Waals surface area contributed by atoms with Crippen molar-refractivity contribution in [3.05, 3.63) is 90.6 Å². The van der Waals surface area contributed by atoms with Crippen LogP contribution in [0.4, 0.5) is 22.9 Å². The first-order chi connectivity index (χ1) is 16.2. The Hall–Kier alpha value is -3.64. The van der Waals surface area contributed by atoms with Gasteiger partial charge in [0.15, 0.2) is 5.11 Å². The fourth-order valence-electron chi connectivity index (χ4n) is 4.11. The number of anilines is 4. The zero-order valence-corrected chi connectivity index (χ0v) is 19.2. The minimum absolute atomic E-state index is 0.579. The Labute approximate surface area is 199 Å². The second kappa shape index (κ2) is 9.88. The van der Waals surface area contributed by atoms with E-state index in [0.717, 1.165) is 30.3 Å². The number of benzene rings is 3.